The zero-order valence-corrected chi connectivity index (χ0v) is 12.0. The highest BCUT2D eigenvalue weighted by atomic mass is 32.1. The maximum atomic E-state index is 11.8. The van der Waals surface area contributed by atoms with Crippen LogP contribution in [0.4, 0.5) is 10.8 Å². The summed E-state index contributed by atoms with van der Waals surface area (Å²) in [6.07, 6.45) is 0. The lowest BCUT2D eigenvalue weighted by Gasteiger charge is -2.18. The zero-order chi connectivity index (χ0) is 13.7. The SMILES string of the molecule is CCOC(=O)c1c(N)nsc1NC(C)CN(C)C. The van der Waals surface area contributed by atoms with Gasteiger partial charge in [0.15, 0.2) is 5.82 Å². The minimum Gasteiger partial charge on any atom is -0.462 e. The van der Waals surface area contributed by atoms with E-state index in [0.717, 1.165) is 6.54 Å². The standard InChI is InChI=1S/C11H20N4O2S/c1-5-17-11(16)8-9(12)14-18-10(8)13-7(2)6-15(3)4/h7,13H,5-6H2,1-4H3,(H2,12,14). The lowest BCUT2D eigenvalue weighted by molar-refractivity contribution is 0.0529. The van der Waals surface area contributed by atoms with Gasteiger partial charge in [-0.2, -0.15) is 4.37 Å². The molecule has 3 N–H and O–H groups in total. The van der Waals surface area contributed by atoms with Gasteiger partial charge < -0.3 is 20.7 Å². The van der Waals surface area contributed by atoms with Gasteiger partial charge in [-0.3, -0.25) is 0 Å². The molecule has 1 rings (SSSR count). The summed E-state index contributed by atoms with van der Waals surface area (Å²) in [5, 5.41) is 3.90. The molecule has 7 heteroatoms. The summed E-state index contributed by atoms with van der Waals surface area (Å²) in [6.45, 7) is 4.96. The molecule has 0 aliphatic heterocycles. The van der Waals surface area contributed by atoms with Crippen LogP contribution < -0.4 is 11.1 Å². The zero-order valence-electron chi connectivity index (χ0n) is 11.2. The monoisotopic (exact) mass is 272 g/mol. The highest BCUT2D eigenvalue weighted by Gasteiger charge is 2.21. The highest BCUT2D eigenvalue weighted by molar-refractivity contribution is 7.11. The molecule has 1 unspecified atom stereocenters. The van der Waals surface area contributed by atoms with E-state index in [-0.39, 0.29) is 11.9 Å². The Morgan fingerprint density at radius 1 is 1.61 bits per heavy atom. The molecule has 1 heterocycles. The van der Waals surface area contributed by atoms with E-state index in [1.807, 2.05) is 21.0 Å². The summed E-state index contributed by atoms with van der Waals surface area (Å²) in [5.41, 5.74) is 6.04. The van der Waals surface area contributed by atoms with Crippen molar-refractivity contribution in [3.8, 4) is 0 Å². The van der Waals surface area contributed by atoms with Crippen LogP contribution in [-0.2, 0) is 4.74 Å². The van der Waals surface area contributed by atoms with Crippen LogP contribution in [0.15, 0.2) is 0 Å². The number of aromatic nitrogens is 1. The largest absolute Gasteiger partial charge is 0.462 e. The highest BCUT2D eigenvalue weighted by Crippen LogP contribution is 2.28. The summed E-state index contributed by atoms with van der Waals surface area (Å²) in [5.74, 6) is -0.207. The molecule has 1 atom stereocenters. The fourth-order valence-electron chi connectivity index (χ4n) is 1.62. The first-order valence-electron chi connectivity index (χ1n) is 5.79. The van der Waals surface area contributed by atoms with Crippen LogP contribution in [0.25, 0.3) is 0 Å². The number of likely N-dealkylation sites (N-methyl/N-ethyl adjacent to an activating group) is 1. The van der Waals surface area contributed by atoms with E-state index in [9.17, 15) is 4.79 Å². The van der Waals surface area contributed by atoms with Crippen molar-refractivity contribution < 1.29 is 9.53 Å². The molecule has 0 fully saturated rings. The third kappa shape index (κ3) is 3.85. The number of nitrogens with zero attached hydrogens (tertiary/aromatic N) is 2. The lowest BCUT2D eigenvalue weighted by atomic mass is 10.2. The Bertz CT molecular complexity index is 406. The van der Waals surface area contributed by atoms with Crippen molar-refractivity contribution in [2.45, 2.75) is 19.9 Å². The second-order valence-electron chi connectivity index (χ2n) is 4.30. The van der Waals surface area contributed by atoms with Crippen molar-refractivity contribution >= 4 is 28.3 Å². The maximum absolute atomic E-state index is 11.8. The molecule has 0 radical (unpaired) electrons. The second-order valence-corrected chi connectivity index (χ2v) is 5.07. The molecule has 0 spiro atoms. The number of rotatable bonds is 6. The molecule has 0 aliphatic carbocycles. The quantitative estimate of drug-likeness (QED) is 0.759. The Kier molecular flexibility index (Phi) is 5.36. The molecule has 0 saturated heterocycles. The first-order chi connectivity index (χ1) is 8.45. The molecule has 6 nitrogen and oxygen atoms in total. The van der Waals surface area contributed by atoms with E-state index in [1.165, 1.54) is 11.5 Å². The molecule has 0 bridgehead atoms. The first kappa shape index (κ1) is 14.7. The average molecular weight is 272 g/mol. The smallest absolute Gasteiger partial charge is 0.344 e. The number of esters is 1. The van der Waals surface area contributed by atoms with Gasteiger partial charge in [-0.05, 0) is 39.5 Å². The molecule has 102 valence electrons. The molecular formula is C11H20N4O2S. The molecule has 0 aromatic carbocycles. The normalized spacial score (nSPS) is 12.5. The second kappa shape index (κ2) is 6.55. The summed E-state index contributed by atoms with van der Waals surface area (Å²) >= 11 is 1.18. The van der Waals surface area contributed by atoms with Crippen LogP contribution in [0.2, 0.25) is 0 Å². The fraction of sp³-hybridized carbons (Fsp3) is 0.636. The molecule has 0 aliphatic rings. The summed E-state index contributed by atoms with van der Waals surface area (Å²) in [6, 6.07) is 0.188. The molecule has 1 aromatic rings. The van der Waals surface area contributed by atoms with Gasteiger partial charge in [0.2, 0.25) is 0 Å². The topological polar surface area (TPSA) is 80.5 Å². The van der Waals surface area contributed by atoms with Gasteiger partial charge >= 0.3 is 5.97 Å². The lowest BCUT2D eigenvalue weighted by Crippen LogP contribution is -2.29. The summed E-state index contributed by atoms with van der Waals surface area (Å²) < 4.78 is 8.96. The van der Waals surface area contributed by atoms with Crippen molar-refractivity contribution in [3.05, 3.63) is 5.56 Å². The Labute approximate surface area is 111 Å². The van der Waals surface area contributed by atoms with Crippen molar-refractivity contribution in [1.82, 2.24) is 9.27 Å². The number of ether oxygens (including phenoxy) is 1. The Balaban J connectivity index is 2.80. The predicted octanol–water partition coefficient (Wildman–Crippen LogP) is 1.26. The number of hydrogen-bond acceptors (Lipinski definition) is 7. The van der Waals surface area contributed by atoms with Gasteiger partial charge in [0, 0.05) is 12.6 Å². The van der Waals surface area contributed by atoms with Gasteiger partial charge in [0.25, 0.3) is 0 Å². The molecular weight excluding hydrogens is 252 g/mol. The van der Waals surface area contributed by atoms with Crippen molar-refractivity contribution in [2.24, 2.45) is 0 Å². The van der Waals surface area contributed by atoms with Gasteiger partial charge in [-0.25, -0.2) is 4.79 Å². The number of nitrogens with two attached hydrogens (primary N) is 1. The van der Waals surface area contributed by atoms with Gasteiger partial charge in [-0.15, -0.1) is 0 Å². The average Bonchev–Trinajstić information content (AvgIpc) is 2.58. The number of nitrogens with one attached hydrogen (secondary N) is 1. The van der Waals surface area contributed by atoms with Crippen LogP contribution in [0.1, 0.15) is 24.2 Å². The molecule has 0 saturated carbocycles. The third-order valence-electron chi connectivity index (χ3n) is 2.21. The number of anilines is 2. The third-order valence-corrected chi connectivity index (χ3v) is 3.01. The van der Waals surface area contributed by atoms with Crippen LogP contribution in [0.3, 0.4) is 0 Å². The first-order valence-corrected chi connectivity index (χ1v) is 6.56. The van der Waals surface area contributed by atoms with E-state index in [1.54, 1.807) is 6.92 Å². The van der Waals surface area contributed by atoms with Gasteiger partial charge in [0.05, 0.1) is 6.61 Å². The number of carbonyl (C=O) groups excluding carboxylic acids is 1. The van der Waals surface area contributed by atoms with Crippen LogP contribution in [0.5, 0.6) is 0 Å². The number of carbonyl (C=O) groups is 1. The van der Waals surface area contributed by atoms with E-state index in [4.69, 9.17) is 10.5 Å². The van der Waals surface area contributed by atoms with Crippen molar-refractivity contribution in [2.75, 3.05) is 38.3 Å². The number of nitrogen functional groups attached to an aromatic ring is 1. The Morgan fingerprint density at radius 2 is 2.28 bits per heavy atom. The molecule has 18 heavy (non-hydrogen) atoms. The Morgan fingerprint density at radius 3 is 2.83 bits per heavy atom. The van der Waals surface area contributed by atoms with Gasteiger partial charge in [-0.1, -0.05) is 0 Å². The maximum Gasteiger partial charge on any atom is 0.344 e. The predicted molar refractivity (Wildman–Crippen MR) is 74.1 cm³/mol. The van der Waals surface area contributed by atoms with Crippen LogP contribution in [0, 0.1) is 0 Å². The number of hydrogen-bond donors (Lipinski definition) is 2. The summed E-state index contributed by atoms with van der Waals surface area (Å²) in [4.78, 5) is 13.8. The minimum atomic E-state index is -0.427. The van der Waals surface area contributed by atoms with Crippen molar-refractivity contribution in [3.63, 3.8) is 0 Å². The van der Waals surface area contributed by atoms with E-state index >= 15 is 0 Å². The van der Waals surface area contributed by atoms with Crippen molar-refractivity contribution in [1.29, 1.82) is 0 Å². The Hall–Kier alpha value is -1.34. The van der Waals surface area contributed by atoms with Gasteiger partial charge in [0.1, 0.15) is 10.6 Å². The van der Waals surface area contributed by atoms with Crippen LogP contribution in [-0.4, -0.2) is 48.5 Å². The van der Waals surface area contributed by atoms with E-state index < -0.39 is 5.97 Å². The van der Waals surface area contributed by atoms with E-state index in [0.29, 0.717) is 17.2 Å². The molecule has 1 aromatic heterocycles. The van der Waals surface area contributed by atoms with Crippen LogP contribution >= 0.6 is 11.5 Å². The molecule has 0 amide bonds. The minimum absolute atomic E-state index is 0.188. The summed E-state index contributed by atoms with van der Waals surface area (Å²) in [7, 11) is 3.98. The fourth-order valence-corrected chi connectivity index (χ4v) is 2.43. The van der Waals surface area contributed by atoms with E-state index in [2.05, 4.69) is 14.6 Å².